The lowest BCUT2D eigenvalue weighted by Crippen LogP contribution is -2.63. The summed E-state index contributed by atoms with van der Waals surface area (Å²) in [5, 5.41) is 10.8. The number of ether oxygens (including phenoxy) is 5. The molecule has 0 aromatic heterocycles. The van der Waals surface area contributed by atoms with Crippen LogP contribution in [0.3, 0.4) is 0 Å². The second-order valence-electron chi connectivity index (χ2n) is 13.3. The Morgan fingerprint density at radius 1 is 0.583 bits per heavy atom. The summed E-state index contributed by atoms with van der Waals surface area (Å²) in [5.41, 5.74) is -3.68. The molecule has 1 saturated heterocycles. The minimum Gasteiger partial charge on any atom is -0.462 e. The minimum absolute atomic E-state index is 0.404. The molecule has 1 rings (SSSR count). The van der Waals surface area contributed by atoms with Crippen LogP contribution in [0.15, 0.2) is 0 Å². The summed E-state index contributed by atoms with van der Waals surface area (Å²) in [6, 6.07) is 0. The molecule has 208 valence electrons. The molecule has 10 heteroatoms. The molecule has 2 unspecified atom stereocenters. The Labute approximate surface area is 214 Å². The fraction of sp³-hybridized carbons (Fsp3) is 0.846. The average molecular weight is 517 g/mol. The van der Waals surface area contributed by atoms with Gasteiger partial charge < -0.3 is 28.8 Å². The predicted octanol–water partition coefficient (Wildman–Crippen LogP) is 3.17. The molecule has 10 nitrogen and oxygen atoms in total. The molecule has 0 aliphatic carbocycles. The number of hydrogen-bond acceptors (Lipinski definition) is 10. The van der Waals surface area contributed by atoms with E-state index in [4.69, 9.17) is 23.7 Å². The van der Waals surface area contributed by atoms with Crippen LogP contribution in [0, 0.1) is 21.7 Å². The quantitative estimate of drug-likeness (QED) is 0.429. The van der Waals surface area contributed by atoms with Gasteiger partial charge in [-0.1, -0.05) is 0 Å². The van der Waals surface area contributed by atoms with E-state index in [1.807, 2.05) is 0 Å². The van der Waals surface area contributed by atoms with E-state index in [1.54, 1.807) is 83.1 Å². The van der Waals surface area contributed by atoms with Crippen LogP contribution >= 0.6 is 0 Å². The molecule has 0 aromatic carbocycles. The lowest BCUT2D eigenvalue weighted by molar-refractivity contribution is -0.300. The monoisotopic (exact) mass is 516 g/mol. The lowest BCUT2D eigenvalue weighted by Gasteiger charge is -2.44. The number of rotatable bonds is 5. The maximum Gasteiger partial charge on any atom is 0.311 e. The van der Waals surface area contributed by atoms with Gasteiger partial charge in [0.05, 0.1) is 21.7 Å². The molecule has 5 atom stereocenters. The molecule has 1 heterocycles. The zero-order chi connectivity index (χ0) is 28.4. The summed E-state index contributed by atoms with van der Waals surface area (Å²) >= 11 is 0. The van der Waals surface area contributed by atoms with E-state index >= 15 is 0 Å². The molecule has 0 bridgehead atoms. The van der Waals surface area contributed by atoms with Crippen LogP contribution < -0.4 is 0 Å². The van der Waals surface area contributed by atoms with Crippen molar-refractivity contribution in [3.63, 3.8) is 0 Å². The highest BCUT2D eigenvalue weighted by molar-refractivity contribution is 5.78. The highest BCUT2D eigenvalue weighted by Crippen LogP contribution is 2.33. The topological polar surface area (TPSA) is 135 Å². The van der Waals surface area contributed by atoms with Gasteiger partial charge in [0.1, 0.15) is 12.7 Å². The highest BCUT2D eigenvalue weighted by atomic mass is 16.7. The number of carbonyl (C=O) groups is 4. The second-order valence-corrected chi connectivity index (χ2v) is 13.3. The first kappa shape index (κ1) is 31.8. The fourth-order valence-corrected chi connectivity index (χ4v) is 2.71. The summed E-state index contributed by atoms with van der Waals surface area (Å²) in [7, 11) is 0. The van der Waals surface area contributed by atoms with E-state index in [2.05, 4.69) is 0 Å². The van der Waals surface area contributed by atoms with Gasteiger partial charge in [0.15, 0.2) is 24.6 Å². The van der Waals surface area contributed by atoms with Gasteiger partial charge in [-0.05, 0) is 83.1 Å². The van der Waals surface area contributed by atoms with Crippen molar-refractivity contribution in [2.24, 2.45) is 21.7 Å². The smallest absolute Gasteiger partial charge is 0.311 e. The lowest BCUT2D eigenvalue weighted by atomic mass is 9.93. The van der Waals surface area contributed by atoms with Crippen molar-refractivity contribution in [1.29, 1.82) is 0 Å². The standard InChI is InChI=1S/C26H44O10/c1-23(2,3)19(28)32-13-14-15(34-20(29)24(4,5)6)16(35-21(30)25(7,8)9)17(18(27)33-14)36-22(31)26(10,11)12/h14-18,27H,13H2,1-12H3/t14-,15?,16?,17-,18-/m1/s1. The third-order valence-electron chi connectivity index (χ3n) is 5.17. The Morgan fingerprint density at radius 3 is 1.28 bits per heavy atom. The predicted molar refractivity (Wildman–Crippen MR) is 129 cm³/mol. The van der Waals surface area contributed by atoms with Crippen molar-refractivity contribution in [2.45, 2.75) is 114 Å². The van der Waals surface area contributed by atoms with Gasteiger partial charge in [0.2, 0.25) is 0 Å². The molecule has 36 heavy (non-hydrogen) atoms. The second kappa shape index (κ2) is 11.0. The van der Waals surface area contributed by atoms with Crippen molar-refractivity contribution < 1.29 is 48.0 Å². The van der Waals surface area contributed by atoms with Gasteiger partial charge in [0.25, 0.3) is 0 Å². The normalized spacial score (nSPS) is 25.5. The molecular weight excluding hydrogens is 472 g/mol. The van der Waals surface area contributed by atoms with E-state index in [0.29, 0.717) is 0 Å². The summed E-state index contributed by atoms with van der Waals surface area (Å²) in [6.07, 6.45) is -7.25. The minimum atomic E-state index is -1.75. The van der Waals surface area contributed by atoms with Crippen molar-refractivity contribution in [2.75, 3.05) is 6.61 Å². The number of carbonyl (C=O) groups excluding carboxylic acids is 4. The van der Waals surface area contributed by atoms with Crippen molar-refractivity contribution in [1.82, 2.24) is 0 Å². The molecule has 1 fully saturated rings. The van der Waals surface area contributed by atoms with E-state index in [9.17, 15) is 24.3 Å². The van der Waals surface area contributed by atoms with E-state index < -0.39 is 82.8 Å². The van der Waals surface area contributed by atoms with Gasteiger partial charge in [-0.3, -0.25) is 19.2 Å². The Bertz CT molecular complexity index is 820. The summed E-state index contributed by atoms with van der Waals surface area (Å²) in [4.78, 5) is 50.8. The number of aliphatic hydroxyl groups excluding tert-OH is 1. The Morgan fingerprint density at radius 2 is 0.917 bits per heavy atom. The van der Waals surface area contributed by atoms with E-state index in [-0.39, 0.29) is 0 Å². The van der Waals surface area contributed by atoms with Crippen LogP contribution in [0.4, 0.5) is 0 Å². The first-order valence-electron chi connectivity index (χ1n) is 12.1. The molecule has 0 saturated carbocycles. The van der Waals surface area contributed by atoms with Crippen molar-refractivity contribution in [3.8, 4) is 0 Å². The van der Waals surface area contributed by atoms with Gasteiger partial charge in [-0.15, -0.1) is 0 Å². The van der Waals surface area contributed by atoms with Crippen LogP contribution in [0.1, 0.15) is 83.1 Å². The average Bonchev–Trinajstić information content (AvgIpc) is 2.67. The van der Waals surface area contributed by atoms with Gasteiger partial charge in [-0.25, -0.2) is 0 Å². The third kappa shape index (κ3) is 8.73. The maximum atomic E-state index is 12.9. The Hall–Kier alpha value is -2.20. The van der Waals surface area contributed by atoms with Crippen LogP contribution in [0.5, 0.6) is 0 Å². The molecular formula is C26H44O10. The highest BCUT2D eigenvalue weighted by Gasteiger charge is 2.54. The van der Waals surface area contributed by atoms with Gasteiger partial charge in [-0.2, -0.15) is 0 Å². The number of hydrogen-bond donors (Lipinski definition) is 1. The molecule has 0 amide bonds. The van der Waals surface area contributed by atoms with Crippen LogP contribution in [-0.2, 0) is 42.9 Å². The molecule has 1 aliphatic heterocycles. The zero-order valence-corrected chi connectivity index (χ0v) is 23.7. The molecule has 0 radical (unpaired) electrons. The maximum absolute atomic E-state index is 12.9. The number of aliphatic hydroxyl groups is 1. The van der Waals surface area contributed by atoms with Gasteiger partial charge in [0, 0.05) is 0 Å². The van der Waals surface area contributed by atoms with Crippen molar-refractivity contribution in [3.05, 3.63) is 0 Å². The fourth-order valence-electron chi connectivity index (χ4n) is 2.71. The number of esters is 4. The summed E-state index contributed by atoms with van der Waals surface area (Å²) in [6.45, 7) is 19.2. The summed E-state index contributed by atoms with van der Waals surface area (Å²) in [5.74, 6) is -2.57. The Balaban J connectivity index is 3.50. The Kier molecular flexibility index (Phi) is 9.77. The molecule has 0 spiro atoms. The third-order valence-corrected chi connectivity index (χ3v) is 5.17. The molecule has 1 aliphatic rings. The first-order chi connectivity index (χ1) is 16.0. The van der Waals surface area contributed by atoms with Crippen molar-refractivity contribution >= 4 is 23.9 Å². The molecule has 0 aromatic rings. The van der Waals surface area contributed by atoms with Gasteiger partial charge >= 0.3 is 23.9 Å². The van der Waals surface area contributed by atoms with E-state index in [1.165, 1.54) is 0 Å². The van der Waals surface area contributed by atoms with Crippen LogP contribution in [-0.4, -0.2) is 66.3 Å². The zero-order valence-electron chi connectivity index (χ0n) is 23.7. The van der Waals surface area contributed by atoms with Crippen LogP contribution in [0.25, 0.3) is 0 Å². The SMILES string of the molecule is CC(C)(C)C(=O)OC[C@H]1O[C@@H](O)[C@H](OC(=O)C(C)(C)C)C(OC(=O)C(C)(C)C)C1OC(=O)C(C)(C)C. The van der Waals surface area contributed by atoms with E-state index in [0.717, 1.165) is 0 Å². The molecule has 1 N–H and O–H groups in total. The summed E-state index contributed by atoms with van der Waals surface area (Å²) < 4.78 is 28.0. The first-order valence-corrected chi connectivity index (χ1v) is 12.1. The van der Waals surface area contributed by atoms with Crippen LogP contribution in [0.2, 0.25) is 0 Å². The largest absolute Gasteiger partial charge is 0.462 e.